The molecule has 4 aromatic rings. The topological polar surface area (TPSA) is 87.2 Å². The van der Waals surface area contributed by atoms with Crippen LogP contribution in [0.15, 0.2) is 12.5 Å². The first-order chi connectivity index (χ1) is 11.5. The van der Waals surface area contributed by atoms with Gasteiger partial charge in [0.2, 0.25) is 5.82 Å². The van der Waals surface area contributed by atoms with Crippen molar-refractivity contribution < 1.29 is 9.53 Å². The third-order valence-corrected chi connectivity index (χ3v) is 5.60. The summed E-state index contributed by atoms with van der Waals surface area (Å²) in [5.74, 6) is 0.159. The van der Waals surface area contributed by atoms with E-state index < -0.39 is 0 Å². The largest absolute Gasteiger partial charge is 0.465 e. The zero-order chi connectivity index (χ0) is 17.0. The maximum atomic E-state index is 11.9. The number of ether oxygens (including phenoxy) is 1. The van der Waals surface area contributed by atoms with Crippen molar-refractivity contribution >= 4 is 55.8 Å². The zero-order valence-electron chi connectivity index (χ0n) is 12.9. The van der Waals surface area contributed by atoms with Gasteiger partial charge in [-0.05, 0) is 35.1 Å². The molecule has 0 saturated heterocycles. The zero-order valence-corrected chi connectivity index (χ0v) is 15.9. The first kappa shape index (κ1) is 15.4. The number of methoxy groups -OCH3 is 1. The molecule has 0 amide bonds. The number of halogens is 1. The lowest BCUT2D eigenvalue weighted by molar-refractivity contribution is 0.0605. The van der Waals surface area contributed by atoms with Crippen LogP contribution >= 0.6 is 33.9 Å². The lowest BCUT2D eigenvalue weighted by atomic mass is 10.2. The van der Waals surface area contributed by atoms with Crippen molar-refractivity contribution in [2.24, 2.45) is 7.05 Å². The quantitative estimate of drug-likeness (QED) is 0.342. The van der Waals surface area contributed by atoms with Crippen molar-refractivity contribution in [3.05, 3.63) is 26.5 Å². The van der Waals surface area contributed by atoms with E-state index >= 15 is 0 Å². The fraction of sp³-hybridized carbons (Fsp3) is 0.214. The molecule has 10 heteroatoms. The van der Waals surface area contributed by atoms with Gasteiger partial charge >= 0.3 is 5.97 Å². The van der Waals surface area contributed by atoms with Crippen LogP contribution in [-0.2, 0) is 11.8 Å². The van der Waals surface area contributed by atoms with Gasteiger partial charge in [-0.3, -0.25) is 4.68 Å². The van der Waals surface area contributed by atoms with Crippen LogP contribution < -0.4 is 0 Å². The molecule has 0 bridgehead atoms. The van der Waals surface area contributed by atoms with Crippen LogP contribution in [0, 0.1) is 10.5 Å². The van der Waals surface area contributed by atoms with Gasteiger partial charge in [-0.15, -0.1) is 16.4 Å². The number of hydrogen-bond acceptors (Lipinski definition) is 7. The molecule has 8 nitrogen and oxygen atoms in total. The van der Waals surface area contributed by atoms with E-state index in [9.17, 15) is 4.79 Å². The average Bonchev–Trinajstić information content (AvgIpc) is 3.21. The Morgan fingerprint density at radius 3 is 2.83 bits per heavy atom. The summed E-state index contributed by atoms with van der Waals surface area (Å²) in [6, 6.07) is 0. The van der Waals surface area contributed by atoms with Gasteiger partial charge in [0.05, 0.1) is 16.1 Å². The maximum absolute atomic E-state index is 11.9. The summed E-state index contributed by atoms with van der Waals surface area (Å²) in [5.41, 5.74) is 2.17. The molecule has 0 aliphatic heterocycles. The smallest absolute Gasteiger partial charge is 0.348 e. The number of rotatable bonds is 2. The van der Waals surface area contributed by atoms with Gasteiger partial charge < -0.3 is 4.74 Å². The van der Waals surface area contributed by atoms with Crippen molar-refractivity contribution in [1.29, 1.82) is 0 Å². The Morgan fingerprint density at radius 2 is 2.17 bits per heavy atom. The molecule has 24 heavy (non-hydrogen) atoms. The molecule has 0 spiro atoms. The monoisotopic (exact) mass is 454 g/mol. The van der Waals surface area contributed by atoms with Gasteiger partial charge in [0, 0.05) is 13.2 Å². The molecule has 4 heterocycles. The molecule has 0 fully saturated rings. The predicted octanol–water partition coefficient (Wildman–Crippen LogP) is 2.44. The van der Waals surface area contributed by atoms with Gasteiger partial charge in [-0.1, -0.05) is 0 Å². The Hall–Kier alpha value is -2.08. The third kappa shape index (κ3) is 2.20. The van der Waals surface area contributed by atoms with Crippen molar-refractivity contribution in [1.82, 2.24) is 29.4 Å². The maximum Gasteiger partial charge on any atom is 0.348 e. The molecule has 0 aliphatic carbocycles. The van der Waals surface area contributed by atoms with Crippen LogP contribution in [0.4, 0.5) is 0 Å². The van der Waals surface area contributed by atoms with Crippen molar-refractivity contribution in [3.8, 4) is 11.5 Å². The van der Waals surface area contributed by atoms with Crippen LogP contribution in [0.1, 0.15) is 15.2 Å². The number of nitrogens with zero attached hydrogens (tertiary/aromatic N) is 6. The number of fused-ring (bicyclic) bond motifs is 3. The van der Waals surface area contributed by atoms with Crippen molar-refractivity contribution in [2.75, 3.05) is 7.11 Å². The predicted molar refractivity (Wildman–Crippen MR) is 97.2 cm³/mol. The number of aromatic nitrogens is 6. The molecule has 4 aromatic heterocycles. The Kier molecular flexibility index (Phi) is 3.53. The molecular weight excluding hydrogens is 443 g/mol. The van der Waals surface area contributed by atoms with Crippen LogP contribution in [-0.4, -0.2) is 42.4 Å². The number of hydrogen-bond donors (Lipinski definition) is 0. The summed E-state index contributed by atoms with van der Waals surface area (Å²) in [6.07, 6.45) is 3.50. The van der Waals surface area contributed by atoms with E-state index in [-0.39, 0.29) is 5.97 Å². The summed E-state index contributed by atoms with van der Waals surface area (Å²) in [7, 11) is 3.22. The number of carbonyl (C=O) groups is 1. The number of carbonyl (C=O) groups excluding carboxylic acids is 1. The Labute approximate surface area is 153 Å². The van der Waals surface area contributed by atoms with Crippen molar-refractivity contribution in [3.63, 3.8) is 0 Å². The fourth-order valence-electron chi connectivity index (χ4n) is 2.53. The van der Waals surface area contributed by atoms with Crippen LogP contribution in [0.5, 0.6) is 0 Å². The molecular formula is C14H11IN6O2S. The molecule has 0 unspecified atom stereocenters. The Bertz CT molecular complexity index is 1110. The minimum Gasteiger partial charge on any atom is -0.465 e. The average molecular weight is 454 g/mol. The minimum atomic E-state index is -0.368. The fourth-order valence-corrected chi connectivity index (χ4v) is 4.35. The molecule has 4 rings (SSSR count). The molecule has 0 saturated carbocycles. The van der Waals surface area contributed by atoms with E-state index in [1.54, 1.807) is 15.5 Å². The van der Waals surface area contributed by atoms with Gasteiger partial charge in [-0.2, -0.15) is 5.10 Å². The lowest BCUT2D eigenvalue weighted by Crippen LogP contribution is -1.99. The SMILES string of the molecule is COC(=O)c1sc2ncn3nc(-c4nn(C)cc4I)nc3c2c1C. The molecule has 0 radical (unpaired) electrons. The van der Waals surface area contributed by atoms with E-state index in [1.165, 1.54) is 18.4 Å². The van der Waals surface area contributed by atoms with E-state index in [0.717, 1.165) is 25.0 Å². The number of esters is 1. The second kappa shape index (κ2) is 5.48. The summed E-state index contributed by atoms with van der Waals surface area (Å²) in [4.78, 5) is 22.2. The number of aryl methyl sites for hydroxylation is 2. The van der Waals surface area contributed by atoms with Gasteiger partial charge in [0.25, 0.3) is 0 Å². The highest BCUT2D eigenvalue weighted by atomic mass is 127. The molecule has 0 atom stereocenters. The van der Waals surface area contributed by atoms with Gasteiger partial charge in [0.1, 0.15) is 21.7 Å². The highest BCUT2D eigenvalue weighted by molar-refractivity contribution is 14.1. The summed E-state index contributed by atoms with van der Waals surface area (Å²) >= 11 is 3.50. The lowest BCUT2D eigenvalue weighted by Gasteiger charge is -1.96. The minimum absolute atomic E-state index is 0.368. The third-order valence-electron chi connectivity index (χ3n) is 3.63. The van der Waals surface area contributed by atoms with E-state index in [0.29, 0.717) is 16.3 Å². The summed E-state index contributed by atoms with van der Waals surface area (Å²) in [5, 5.41) is 9.69. The second-order valence-electron chi connectivity index (χ2n) is 5.18. The van der Waals surface area contributed by atoms with E-state index in [4.69, 9.17) is 4.74 Å². The first-order valence-electron chi connectivity index (χ1n) is 6.92. The van der Waals surface area contributed by atoms with E-state index in [2.05, 4.69) is 42.8 Å². The first-order valence-corrected chi connectivity index (χ1v) is 8.81. The molecule has 0 aliphatic rings. The van der Waals surface area contributed by atoms with Crippen LogP contribution in [0.25, 0.3) is 27.4 Å². The highest BCUT2D eigenvalue weighted by Gasteiger charge is 2.21. The number of thiophene rings is 1. The van der Waals surface area contributed by atoms with Crippen LogP contribution in [0.3, 0.4) is 0 Å². The molecule has 0 N–H and O–H groups in total. The Morgan fingerprint density at radius 1 is 1.38 bits per heavy atom. The van der Waals surface area contributed by atoms with Gasteiger partial charge in [0.15, 0.2) is 5.65 Å². The molecule has 0 aromatic carbocycles. The normalized spacial score (nSPS) is 11.5. The van der Waals surface area contributed by atoms with Crippen molar-refractivity contribution in [2.45, 2.75) is 6.92 Å². The Balaban J connectivity index is 2.00. The standard InChI is InChI=1S/C14H11IN6O2S/c1-6-8-12-17-11(9-7(15)4-20(2)18-9)19-21(12)5-16-13(8)24-10(6)14(22)23-3/h4-5H,1-3H3. The van der Waals surface area contributed by atoms with E-state index in [1.807, 2.05) is 20.2 Å². The second-order valence-corrected chi connectivity index (χ2v) is 7.34. The summed E-state index contributed by atoms with van der Waals surface area (Å²) in [6.45, 7) is 1.87. The molecule has 122 valence electrons. The highest BCUT2D eigenvalue weighted by Crippen LogP contribution is 2.33. The van der Waals surface area contributed by atoms with Crippen LogP contribution in [0.2, 0.25) is 0 Å². The van der Waals surface area contributed by atoms with Gasteiger partial charge in [-0.25, -0.2) is 19.3 Å². The summed E-state index contributed by atoms with van der Waals surface area (Å²) < 4.78 is 9.14.